The lowest BCUT2D eigenvalue weighted by Gasteiger charge is -2.07. The first kappa shape index (κ1) is 16.6. The van der Waals surface area contributed by atoms with Crippen LogP contribution in [0, 0.1) is 0 Å². The summed E-state index contributed by atoms with van der Waals surface area (Å²) in [6, 6.07) is 18.6. The van der Waals surface area contributed by atoms with Crippen molar-refractivity contribution in [3.8, 4) is 5.75 Å². The molecule has 0 amide bonds. The number of para-hydroxylation sites is 1. The van der Waals surface area contributed by atoms with E-state index in [-0.39, 0.29) is 0 Å². The number of hydrogen-bond donors (Lipinski definition) is 1. The Kier molecular flexibility index (Phi) is 4.61. The fourth-order valence-corrected chi connectivity index (χ4v) is 3.59. The van der Waals surface area contributed by atoms with Gasteiger partial charge in [-0.3, -0.25) is 0 Å². The first-order valence-corrected chi connectivity index (χ1v) is 9.39. The summed E-state index contributed by atoms with van der Waals surface area (Å²) < 4.78 is 6.04. The maximum atomic E-state index is 6.04. The highest BCUT2D eigenvalue weighted by Gasteiger charge is 2.10. The number of fused-ring (bicyclic) bond motifs is 2. The van der Waals surface area contributed by atoms with E-state index in [2.05, 4.69) is 48.1 Å². The molecule has 132 valence electrons. The normalized spacial score (nSPS) is 11.3. The lowest BCUT2D eigenvalue weighted by molar-refractivity contribution is 0.302. The summed E-state index contributed by atoms with van der Waals surface area (Å²) >= 11 is 0. The Morgan fingerprint density at radius 2 is 1.88 bits per heavy atom. The molecule has 4 rings (SSSR count). The summed E-state index contributed by atoms with van der Waals surface area (Å²) in [6.07, 6.45) is 3.27. The lowest BCUT2D eigenvalue weighted by Crippen LogP contribution is -1.98. The predicted molar refractivity (Wildman–Crippen MR) is 108 cm³/mol. The van der Waals surface area contributed by atoms with Crippen molar-refractivity contribution >= 4 is 21.8 Å². The van der Waals surface area contributed by atoms with Crippen molar-refractivity contribution in [1.29, 1.82) is 0 Å². The Bertz CT molecular complexity index is 1050. The van der Waals surface area contributed by atoms with Crippen LogP contribution in [0.3, 0.4) is 0 Å². The van der Waals surface area contributed by atoms with E-state index in [4.69, 9.17) is 4.74 Å². The van der Waals surface area contributed by atoms with E-state index in [0.29, 0.717) is 6.61 Å². The van der Waals surface area contributed by atoms with Gasteiger partial charge in [-0.25, -0.2) is 4.98 Å². The van der Waals surface area contributed by atoms with Gasteiger partial charge in [0.25, 0.3) is 0 Å². The third kappa shape index (κ3) is 3.17. The number of benzene rings is 2. The number of rotatable bonds is 6. The summed E-state index contributed by atoms with van der Waals surface area (Å²) in [5, 5.41) is 2.43. The van der Waals surface area contributed by atoms with Crippen molar-refractivity contribution in [2.75, 3.05) is 0 Å². The Morgan fingerprint density at radius 3 is 2.73 bits per heavy atom. The number of nitrogens with one attached hydrogen (secondary N) is 1. The molecule has 3 nitrogen and oxygen atoms in total. The number of hydrogen-bond acceptors (Lipinski definition) is 2. The van der Waals surface area contributed by atoms with E-state index >= 15 is 0 Å². The quantitative estimate of drug-likeness (QED) is 0.479. The molecule has 4 aromatic rings. The zero-order chi connectivity index (χ0) is 17.9. The molecule has 1 N–H and O–H groups in total. The van der Waals surface area contributed by atoms with Gasteiger partial charge in [0.05, 0.1) is 11.2 Å². The monoisotopic (exact) mass is 344 g/mol. The second-order valence-corrected chi connectivity index (χ2v) is 6.68. The third-order valence-electron chi connectivity index (χ3n) is 4.86. The first-order chi connectivity index (χ1) is 12.8. The van der Waals surface area contributed by atoms with Crippen LogP contribution in [0.1, 0.15) is 37.2 Å². The SMILES string of the molecule is CCCc1[nH]c2ccc(OCc3ccc4ccccc4n3)cc2c1CC. The fourth-order valence-electron chi connectivity index (χ4n) is 3.59. The highest BCUT2D eigenvalue weighted by Crippen LogP contribution is 2.28. The third-order valence-corrected chi connectivity index (χ3v) is 4.86. The van der Waals surface area contributed by atoms with Crippen LogP contribution < -0.4 is 4.74 Å². The molecule has 0 atom stereocenters. The summed E-state index contributed by atoms with van der Waals surface area (Å²) in [7, 11) is 0. The van der Waals surface area contributed by atoms with Gasteiger partial charge in [-0.05, 0) is 48.7 Å². The van der Waals surface area contributed by atoms with Gasteiger partial charge in [0.2, 0.25) is 0 Å². The van der Waals surface area contributed by atoms with E-state index < -0.39 is 0 Å². The molecule has 3 heteroatoms. The lowest BCUT2D eigenvalue weighted by atomic mass is 10.1. The smallest absolute Gasteiger partial charge is 0.130 e. The minimum atomic E-state index is 0.476. The van der Waals surface area contributed by atoms with Crippen LogP contribution in [0.2, 0.25) is 0 Å². The van der Waals surface area contributed by atoms with E-state index in [9.17, 15) is 0 Å². The maximum absolute atomic E-state index is 6.04. The summed E-state index contributed by atoms with van der Waals surface area (Å²) in [5.74, 6) is 0.893. The second kappa shape index (κ2) is 7.20. The number of pyridine rings is 1. The molecule has 0 spiro atoms. The molecule has 0 aliphatic carbocycles. The van der Waals surface area contributed by atoms with Gasteiger partial charge in [-0.2, -0.15) is 0 Å². The predicted octanol–water partition coefficient (Wildman–Crippen LogP) is 5.81. The number of nitrogens with zero attached hydrogens (tertiary/aromatic N) is 1. The zero-order valence-electron chi connectivity index (χ0n) is 15.4. The molecule has 2 aromatic carbocycles. The highest BCUT2D eigenvalue weighted by molar-refractivity contribution is 5.86. The van der Waals surface area contributed by atoms with Crippen LogP contribution in [-0.2, 0) is 19.4 Å². The maximum Gasteiger partial charge on any atom is 0.130 e. The van der Waals surface area contributed by atoms with Crippen molar-refractivity contribution < 1.29 is 4.74 Å². The van der Waals surface area contributed by atoms with Crippen LogP contribution in [0.25, 0.3) is 21.8 Å². The van der Waals surface area contributed by atoms with Gasteiger partial charge in [0.1, 0.15) is 12.4 Å². The standard InChI is InChI=1S/C23H24N2O/c1-3-7-22-19(4-2)20-14-18(12-13-23(20)25-22)26-15-17-11-10-16-8-5-6-9-21(16)24-17/h5-6,8-14,25H,3-4,7,15H2,1-2H3. The van der Waals surface area contributed by atoms with Gasteiger partial charge in [0, 0.05) is 22.0 Å². The van der Waals surface area contributed by atoms with E-state index in [1.807, 2.05) is 30.3 Å². The van der Waals surface area contributed by atoms with Crippen molar-refractivity contribution in [3.05, 3.63) is 71.5 Å². The van der Waals surface area contributed by atoms with Gasteiger partial charge in [-0.1, -0.05) is 44.5 Å². The molecule has 2 aromatic heterocycles. The molecule has 0 fully saturated rings. The molecule has 0 aliphatic rings. The van der Waals surface area contributed by atoms with Gasteiger partial charge in [0.15, 0.2) is 0 Å². The highest BCUT2D eigenvalue weighted by atomic mass is 16.5. The Morgan fingerprint density at radius 1 is 1.00 bits per heavy atom. The summed E-state index contributed by atoms with van der Waals surface area (Å²) in [6.45, 7) is 4.91. The molecular weight excluding hydrogens is 320 g/mol. The molecule has 0 saturated carbocycles. The number of aromatic nitrogens is 2. The van der Waals surface area contributed by atoms with Crippen LogP contribution in [0.5, 0.6) is 5.75 Å². The molecule has 0 bridgehead atoms. The molecule has 0 unspecified atom stereocenters. The summed E-state index contributed by atoms with van der Waals surface area (Å²) in [5.41, 5.74) is 5.92. The minimum Gasteiger partial charge on any atom is -0.487 e. The van der Waals surface area contributed by atoms with Crippen molar-refractivity contribution in [1.82, 2.24) is 9.97 Å². The Hall–Kier alpha value is -2.81. The van der Waals surface area contributed by atoms with Crippen molar-refractivity contribution in [3.63, 3.8) is 0 Å². The van der Waals surface area contributed by atoms with Crippen LogP contribution in [0.15, 0.2) is 54.6 Å². The largest absolute Gasteiger partial charge is 0.487 e. The van der Waals surface area contributed by atoms with E-state index in [0.717, 1.165) is 41.6 Å². The molecule has 0 saturated heterocycles. The minimum absolute atomic E-state index is 0.476. The number of ether oxygens (including phenoxy) is 1. The van der Waals surface area contributed by atoms with Crippen LogP contribution in [0.4, 0.5) is 0 Å². The second-order valence-electron chi connectivity index (χ2n) is 6.68. The zero-order valence-corrected chi connectivity index (χ0v) is 15.4. The van der Waals surface area contributed by atoms with Gasteiger partial charge in [-0.15, -0.1) is 0 Å². The fraction of sp³-hybridized carbons (Fsp3) is 0.261. The van der Waals surface area contributed by atoms with Crippen LogP contribution in [-0.4, -0.2) is 9.97 Å². The molecule has 2 heterocycles. The van der Waals surface area contributed by atoms with Gasteiger partial charge < -0.3 is 9.72 Å². The van der Waals surface area contributed by atoms with Crippen molar-refractivity contribution in [2.24, 2.45) is 0 Å². The molecule has 0 aliphatic heterocycles. The average Bonchev–Trinajstić information content (AvgIpc) is 3.03. The van der Waals surface area contributed by atoms with Gasteiger partial charge >= 0.3 is 0 Å². The topological polar surface area (TPSA) is 37.9 Å². The van der Waals surface area contributed by atoms with Crippen LogP contribution >= 0.6 is 0 Å². The Balaban J connectivity index is 1.58. The number of H-pyrrole nitrogens is 1. The number of aromatic amines is 1. The Labute approximate surface area is 154 Å². The van der Waals surface area contributed by atoms with E-state index in [1.54, 1.807) is 0 Å². The first-order valence-electron chi connectivity index (χ1n) is 9.39. The molecule has 26 heavy (non-hydrogen) atoms. The summed E-state index contributed by atoms with van der Waals surface area (Å²) in [4.78, 5) is 8.25. The molecular formula is C23H24N2O. The number of aryl methyl sites for hydroxylation is 2. The molecule has 0 radical (unpaired) electrons. The average molecular weight is 344 g/mol. The van der Waals surface area contributed by atoms with E-state index in [1.165, 1.54) is 22.2 Å². The van der Waals surface area contributed by atoms with Crippen molar-refractivity contribution in [2.45, 2.75) is 39.7 Å².